The summed E-state index contributed by atoms with van der Waals surface area (Å²) >= 11 is 0. The van der Waals surface area contributed by atoms with Crippen LogP contribution in [0.5, 0.6) is 5.75 Å². The molecule has 3 aromatic carbocycles. The van der Waals surface area contributed by atoms with Crippen molar-refractivity contribution in [3.05, 3.63) is 72.8 Å². The Kier molecular flexibility index (Phi) is 6.67. The van der Waals surface area contributed by atoms with E-state index < -0.39 is 15.5 Å². The molecule has 1 aromatic heterocycles. The largest absolute Gasteiger partial charge is 0.673 e. The quantitative estimate of drug-likeness (QED) is 0.182. The van der Waals surface area contributed by atoms with E-state index in [2.05, 4.69) is 27.2 Å². The van der Waals surface area contributed by atoms with Crippen molar-refractivity contribution in [1.82, 2.24) is 4.48 Å². The van der Waals surface area contributed by atoms with Crippen molar-refractivity contribution in [3.8, 4) is 5.75 Å². The first-order chi connectivity index (χ1) is 14.5. The van der Waals surface area contributed by atoms with Gasteiger partial charge in [0.25, 0.3) is 0 Å². The predicted octanol–water partition coefficient (Wildman–Crippen LogP) is 7.63. The minimum Gasteiger partial charge on any atom is -0.418 e. The van der Waals surface area contributed by atoms with Gasteiger partial charge in [-0.25, -0.2) is 0 Å². The van der Waals surface area contributed by atoms with E-state index in [1.165, 1.54) is 0 Å². The number of hydrogen-bond donors (Lipinski definition) is 0. The molecule has 0 aliphatic heterocycles. The maximum absolute atomic E-state index is 9.75. The van der Waals surface area contributed by atoms with Gasteiger partial charge >= 0.3 is 15.5 Å². The van der Waals surface area contributed by atoms with E-state index in [1.54, 1.807) is 0 Å². The van der Waals surface area contributed by atoms with Crippen LogP contribution in [0.2, 0.25) is 0 Å². The Balaban J connectivity index is 0.000000491. The van der Waals surface area contributed by atoms with Crippen molar-refractivity contribution in [2.75, 3.05) is 21.1 Å². The number of nitrogens with zero attached hydrogens (tertiary/aromatic N) is 1. The molecule has 0 amide bonds. The van der Waals surface area contributed by atoms with Gasteiger partial charge in [0.1, 0.15) is 22.6 Å². The lowest BCUT2D eigenvalue weighted by Crippen LogP contribution is -2.34. The van der Waals surface area contributed by atoms with Crippen LogP contribution in [0.4, 0.5) is 23.0 Å². The minimum atomic E-state index is -6.00. The van der Waals surface area contributed by atoms with Gasteiger partial charge in [-0.15, -0.1) is 0 Å². The first-order valence-electron chi connectivity index (χ1n) is 9.32. The number of hydrogen-bond acceptors (Lipinski definition) is 3. The van der Waals surface area contributed by atoms with Crippen molar-refractivity contribution < 1.29 is 30.2 Å². The van der Waals surface area contributed by atoms with Gasteiger partial charge in [0, 0.05) is 16.8 Å². The second-order valence-corrected chi connectivity index (χ2v) is 8.49. The first-order valence-corrected chi connectivity index (χ1v) is 10.4. The molecule has 0 saturated heterocycles. The topological polar surface area (TPSA) is 35.5 Å². The molecule has 0 N–H and O–H groups in total. The molecule has 0 aliphatic carbocycles. The molecular weight excluding hydrogens is 432 g/mol. The van der Waals surface area contributed by atoms with Crippen LogP contribution in [0.3, 0.4) is 0 Å². The minimum absolute atomic E-state index is 0.711. The van der Waals surface area contributed by atoms with Crippen LogP contribution in [0.25, 0.3) is 21.9 Å². The fourth-order valence-electron chi connectivity index (χ4n) is 2.80. The highest BCUT2D eigenvalue weighted by atomic mass is 31.1. The summed E-state index contributed by atoms with van der Waals surface area (Å²) in [6.07, 6.45) is 0. The molecule has 4 aromatic rings. The third kappa shape index (κ3) is 6.54. The van der Waals surface area contributed by atoms with Crippen LogP contribution in [0.15, 0.2) is 81.2 Å². The van der Waals surface area contributed by atoms with Gasteiger partial charge in [0.2, 0.25) is 0 Å². The summed E-state index contributed by atoms with van der Waals surface area (Å²) in [5.74, 6) is 0.735. The summed E-state index contributed by atoms with van der Waals surface area (Å²) in [6, 6.07) is 23.9. The normalized spacial score (nSPS) is 11.7. The summed E-state index contributed by atoms with van der Waals surface area (Å²) < 4.78 is 58.0. The van der Waals surface area contributed by atoms with Gasteiger partial charge in [-0.05, 0) is 24.3 Å². The van der Waals surface area contributed by atoms with Crippen LogP contribution in [0.1, 0.15) is 0 Å². The number of benzene rings is 3. The summed E-state index contributed by atoms with van der Waals surface area (Å²) in [5.41, 5.74) is 2.69. The van der Waals surface area contributed by atoms with Crippen LogP contribution in [-0.4, -0.2) is 28.4 Å². The summed E-state index contributed by atoms with van der Waals surface area (Å²) in [7, 11) is -1.24. The lowest BCUT2D eigenvalue weighted by molar-refractivity contribution is 0.368. The number of fused-ring (bicyclic) bond motifs is 3. The Bertz CT molecular complexity index is 1160. The molecule has 0 radical (unpaired) electrons. The Morgan fingerprint density at radius 2 is 1.23 bits per heavy atom. The van der Waals surface area contributed by atoms with Gasteiger partial charge < -0.3 is 30.2 Å². The Labute approximate surface area is 178 Å². The summed E-state index contributed by atoms with van der Waals surface area (Å²) in [5, 5.41) is 2.02. The van der Waals surface area contributed by atoms with Crippen LogP contribution >= 0.6 is 8.24 Å². The van der Waals surface area contributed by atoms with E-state index in [1.807, 2.05) is 66.7 Å². The third-order valence-electron chi connectivity index (χ3n) is 4.18. The Morgan fingerprint density at radius 1 is 0.742 bits per heavy atom. The molecule has 0 fully saturated rings. The van der Waals surface area contributed by atoms with Gasteiger partial charge in [-0.3, -0.25) is 4.48 Å². The van der Waals surface area contributed by atoms with Crippen molar-refractivity contribution in [1.29, 1.82) is 0 Å². The lowest BCUT2D eigenvalue weighted by atomic mass is 10.1. The molecule has 0 saturated carbocycles. The summed E-state index contributed by atoms with van der Waals surface area (Å²) in [4.78, 5) is 0. The zero-order valence-corrected chi connectivity index (χ0v) is 18.0. The molecular formula is C21H21BF4NO3P. The lowest BCUT2D eigenvalue weighted by Gasteiger charge is -2.23. The maximum Gasteiger partial charge on any atom is 0.673 e. The van der Waals surface area contributed by atoms with Crippen molar-refractivity contribution >= 4 is 43.1 Å². The molecule has 0 unspecified atom stereocenters. The molecule has 4 rings (SSSR count). The predicted molar refractivity (Wildman–Crippen MR) is 119 cm³/mol. The third-order valence-corrected chi connectivity index (χ3v) is 5.23. The van der Waals surface area contributed by atoms with Crippen molar-refractivity contribution in [2.45, 2.75) is 0 Å². The van der Waals surface area contributed by atoms with E-state index >= 15 is 0 Å². The Hall–Kier alpha value is -2.90. The van der Waals surface area contributed by atoms with E-state index in [-0.39, 0.29) is 0 Å². The first kappa shape index (κ1) is 22.8. The molecule has 0 aliphatic rings. The zero-order valence-electron chi connectivity index (χ0n) is 17.1. The van der Waals surface area contributed by atoms with E-state index in [9.17, 15) is 17.3 Å². The van der Waals surface area contributed by atoms with Crippen LogP contribution < -0.4 is 9.01 Å². The fraction of sp³-hybridized carbons (Fsp3) is 0.143. The van der Waals surface area contributed by atoms with Gasteiger partial charge in [-0.1, -0.05) is 42.5 Å². The SMILES string of the molecule is C[N+](C)(C)c1cccc(Op2oc3ccccc3c3ccccc3o2)c1.F[B-](F)(F)F. The Morgan fingerprint density at radius 3 is 1.71 bits per heavy atom. The molecule has 31 heavy (non-hydrogen) atoms. The number of quaternary nitrogens is 1. The average Bonchev–Trinajstić information content (AvgIpc) is 2.82. The molecule has 0 spiro atoms. The van der Waals surface area contributed by atoms with Crippen LogP contribution in [0, 0.1) is 0 Å². The fourth-order valence-corrected chi connectivity index (χ4v) is 3.83. The molecule has 0 bridgehead atoms. The monoisotopic (exact) mass is 453 g/mol. The smallest absolute Gasteiger partial charge is 0.418 e. The van der Waals surface area contributed by atoms with E-state index in [0.717, 1.165) is 33.4 Å². The second-order valence-electron chi connectivity index (χ2n) is 7.49. The molecule has 10 heteroatoms. The van der Waals surface area contributed by atoms with E-state index in [0.29, 0.717) is 4.48 Å². The molecule has 4 nitrogen and oxygen atoms in total. The molecule has 0 atom stereocenters. The number of rotatable bonds is 3. The molecule has 1 heterocycles. The standard InChI is InChI=1S/C21H21NO3P.BF4/c1-22(2,3)16-9-8-10-17(15-16)23-26-24-20-13-6-4-11-18(20)19-12-5-7-14-21(19)25-26;2-1(3,4)5/h4-15H,1-3H3;/q+1;-1. The highest BCUT2D eigenvalue weighted by molar-refractivity contribution is 7.32. The van der Waals surface area contributed by atoms with Crippen molar-refractivity contribution in [3.63, 3.8) is 0 Å². The number of para-hydroxylation sites is 2. The maximum atomic E-state index is 9.75. The van der Waals surface area contributed by atoms with Gasteiger partial charge in [-0.2, -0.15) is 0 Å². The highest BCUT2D eigenvalue weighted by Crippen LogP contribution is 2.37. The number of halogens is 4. The molecule has 164 valence electrons. The van der Waals surface area contributed by atoms with Crippen molar-refractivity contribution in [2.24, 2.45) is 0 Å². The van der Waals surface area contributed by atoms with E-state index in [4.69, 9.17) is 12.9 Å². The van der Waals surface area contributed by atoms with Crippen LogP contribution in [-0.2, 0) is 0 Å². The highest BCUT2D eigenvalue weighted by Gasteiger charge is 2.20. The van der Waals surface area contributed by atoms with Gasteiger partial charge in [0.05, 0.1) is 21.1 Å². The van der Waals surface area contributed by atoms with Gasteiger partial charge in [0.15, 0.2) is 0 Å². The average molecular weight is 453 g/mol. The second kappa shape index (κ2) is 9.08. The zero-order chi connectivity index (χ0) is 22.6. The summed E-state index contributed by atoms with van der Waals surface area (Å²) in [6.45, 7) is 0.